The molecule has 0 saturated carbocycles. The predicted octanol–water partition coefficient (Wildman–Crippen LogP) is 2.85. The number of amides is 1. The van der Waals surface area contributed by atoms with E-state index < -0.39 is 0 Å². The fourth-order valence-corrected chi connectivity index (χ4v) is 2.97. The summed E-state index contributed by atoms with van der Waals surface area (Å²) in [6.45, 7) is 5.00. The largest absolute Gasteiger partial charge is 0.324 e. The summed E-state index contributed by atoms with van der Waals surface area (Å²) in [4.78, 5) is 15.1. The second kappa shape index (κ2) is 8.81. The van der Waals surface area contributed by atoms with Crippen LogP contribution in [0, 0.1) is 4.77 Å². The molecule has 0 unspecified atom stereocenters. The summed E-state index contributed by atoms with van der Waals surface area (Å²) in [5.74, 6) is -0.0731. The van der Waals surface area contributed by atoms with Crippen molar-refractivity contribution >= 4 is 35.6 Å². The zero-order chi connectivity index (χ0) is 17.5. The van der Waals surface area contributed by atoms with Crippen LogP contribution in [-0.4, -0.2) is 45.0 Å². The summed E-state index contributed by atoms with van der Waals surface area (Å²) in [7, 11) is 1.86. The van der Waals surface area contributed by atoms with Gasteiger partial charge in [-0.1, -0.05) is 18.2 Å². The van der Waals surface area contributed by atoms with Gasteiger partial charge in [0.25, 0.3) is 0 Å². The van der Waals surface area contributed by atoms with Gasteiger partial charge >= 0.3 is 0 Å². The number of nitrogens with zero attached hydrogens (tertiary/aromatic N) is 4. The molecule has 8 heteroatoms. The molecule has 2 rings (SSSR count). The molecule has 0 bridgehead atoms. The molecule has 0 atom stereocenters. The number of likely N-dealkylation sites (N-methyl/N-ethyl adjacent to an activating group) is 1. The lowest BCUT2D eigenvalue weighted by molar-refractivity contribution is -0.117. The van der Waals surface area contributed by atoms with Gasteiger partial charge < -0.3 is 9.88 Å². The lowest BCUT2D eigenvalue weighted by atomic mass is 10.3. The lowest BCUT2D eigenvalue weighted by Crippen LogP contribution is -2.32. The number of carbonyl (C=O) groups is 1. The molecule has 128 valence electrons. The molecule has 1 aromatic carbocycles. The van der Waals surface area contributed by atoms with Crippen molar-refractivity contribution < 1.29 is 4.79 Å². The van der Waals surface area contributed by atoms with Gasteiger partial charge in [-0.25, -0.2) is 4.68 Å². The average molecular weight is 364 g/mol. The monoisotopic (exact) mass is 363 g/mol. The van der Waals surface area contributed by atoms with Crippen LogP contribution in [0.5, 0.6) is 0 Å². The maximum absolute atomic E-state index is 12.2. The number of rotatable bonds is 8. The van der Waals surface area contributed by atoms with Gasteiger partial charge in [-0.3, -0.25) is 9.69 Å². The highest BCUT2D eigenvalue weighted by Crippen LogP contribution is 2.24. The first kappa shape index (κ1) is 18.4. The molecule has 0 aliphatic carbocycles. The fraction of sp³-hybridized carbons (Fsp3) is 0.312. The van der Waals surface area contributed by atoms with Crippen molar-refractivity contribution in [2.24, 2.45) is 0 Å². The zero-order valence-corrected chi connectivity index (χ0v) is 15.4. The Morgan fingerprint density at radius 1 is 1.50 bits per heavy atom. The zero-order valence-electron chi connectivity index (χ0n) is 13.8. The van der Waals surface area contributed by atoms with Crippen LogP contribution in [0.15, 0.2) is 48.1 Å². The first-order valence-electron chi connectivity index (χ1n) is 7.39. The Hall–Kier alpha value is -1.90. The van der Waals surface area contributed by atoms with E-state index in [2.05, 4.69) is 17.0 Å². The van der Waals surface area contributed by atoms with Crippen molar-refractivity contribution in [1.82, 2.24) is 19.2 Å². The molecule has 0 aliphatic heterocycles. The summed E-state index contributed by atoms with van der Waals surface area (Å²) in [6.07, 6.45) is 5.42. The van der Waals surface area contributed by atoms with E-state index in [0.29, 0.717) is 18.0 Å². The summed E-state index contributed by atoms with van der Waals surface area (Å²) >= 11 is 6.95. The number of allylic oxidation sites excluding steroid dienone is 1. The quantitative estimate of drug-likeness (QED) is 0.444. The summed E-state index contributed by atoms with van der Waals surface area (Å²) in [5, 5.41) is 7.19. The number of carbonyl (C=O) groups excluding carboxylic acids is 1. The Morgan fingerprint density at radius 3 is 2.96 bits per heavy atom. The maximum Gasteiger partial charge on any atom is 0.238 e. The Bertz CT molecular complexity index is 768. The molecular formula is C16H21N5OS2. The van der Waals surface area contributed by atoms with Gasteiger partial charge in [0.05, 0.1) is 18.9 Å². The SMILES string of the molecule is C=CCn1cnn(CN(C)CC(=O)Nc2ccccc2SC)c1=S. The molecule has 0 spiro atoms. The summed E-state index contributed by atoms with van der Waals surface area (Å²) in [5.41, 5.74) is 0.829. The number of anilines is 1. The molecule has 1 heterocycles. The predicted molar refractivity (Wildman–Crippen MR) is 101 cm³/mol. The second-order valence-electron chi connectivity index (χ2n) is 5.26. The summed E-state index contributed by atoms with van der Waals surface area (Å²) < 4.78 is 4.11. The molecule has 0 aliphatic rings. The highest BCUT2D eigenvalue weighted by Gasteiger charge is 2.11. The Morgan fingerprint density at radius 2 is 2.25 bits per heavy atom. The third-order valence-electron chi connectivity index (χ3n) is 3.29. The van der Waals surface area contributed by atoms with E-state index in [1.807, 2.05) is 47.0 Å². The van der Waals surface area contributed by atoms with Crippen LogP contribution in [0.4, 0.5) is 5.69 Å². The molecule has 24 heavy (non-hydrogen) atoms. The van der Waals surface area contributed by atoms with Gasteiger partial charge in [-0.2, -0.15) is 5.10 Å². The number of thioether (sulfide) groups is 1. The van der Waals surface area contributed by atoms with E-state index in [1.54, 1.807) is 28.8 Å². The van der Waals surface area contributed by atoms with Crippen LogP contribution in [0.3, 0.4) is 0 Å². The normalized spacial score (nSPS) is 10.8. The van der Waals surface area contributed by atoms with Crippen LogP contribution in [-0.2, 0) is 18.0 Å². The lowest BCUT2D eigenvalue weighted by Gasteiger charge is -2.16. The number of hydrogen-bond donors (Lipinski definition) is 1. The smallest absolute Gasteiger partial charge is 0.238 e. The minimum absolute atomic E-state index is 0.0731. The fourth-order valence-electron chi connectivity index (χ4n) is 2.19. The second-order valence-corrected chi connectivity index (χ2v) is 6.47. The Labute approximate surface area is 151 Å². The van der Waals surface area contributed by atoms with E-state index in [-0.39, 0.29) is 12.5 Å². The minimum atomic E-state index is -0.0731. The number of aromatic nitrogens is 3. The van der Waals surface area contributed by atoms with Crippen LogP contribution in [0.25, 0.3) is 0 Å². The third kappa shape index (κ3) is 4.80. The Balaban J connectivity index is 1.94. The van der Waals surface area contributed by atoms with Crippen molar-refractivity contribution in [2.75, 3.05) is 25.2 Å². The molecule has 0 fully saturated rings. The number of hydrogen-bond acceptors (Lipinski definition) is 5. The number of nitrogens with one attached hydrogen (secondary N) is 1. The van der Waals surface area contributed by atoms with Crippen LogP contribution in [0.2, 0.25) is 0 Å². The van der Waals surface area contributed by atoms with Crippen LogP contribution >= 0.6 is 24.0 Å². The molecule has 1 aromatic heterocycles. The van der Waals surface area contributed by atoms with Crippen LogP contribution in [0.1, 0.15) is 0 Å². The molecule has 6 nitrogen and oxygen atoms in total. The highest BCUT2D eigenvalue weighted by atomic mass is 32.2. The van der Waals surface area contributed by atoms with Crippen molar-refractivity contribution in [2.45, 2.75) is 18.1 Å². The molecule has 0 saturated heterocycles. The van der Waals surface area contributed by atoms with Gasteiger partial charge in [-0.05, 0) is 37.7 Å². The topological polar surface area (TPSA) is 55.1 Å². The van der Waals surface area contributed by atoms with Gasteiger partial charge in [0.1, 0.15) is 6.33 Å². The van der Waals surface area contributed by atoms with Gasteiger partial charge in [-0.15, -0.1) is 18.3 Å². The standard InChI is InChI=1S/C16H21N5OS2/c1-4-9-20-11-17-21(16(20)23)12-19(2)10-15(22)18-13-7-5-6-8-14(13)24-3/h4-8,11H,1,9-10,12H2,2-3H3,(H,18,22). The highest BCUT2D eigenvalue weighted by molar-refractivity contribution is 7.98. The van der Waals surface area contributed by atoms with Gasteiger partial charge in [0.15, 0.2) is 4.77 Å². The van der Waals surface area contributed by atoms with Crippen molar-refractivity contribution in [3.63, 3.8) is 0 Å². The minimum Gasteiger partial charge on any atom is -0.324 e. The van der Waals surface area contributed by atoms with E-state index in [1.165, 1.54) is 0 Å². The summed E-state index contributed by atoms with van der Waals surface area (Å²) in [6, 6.07) is 7.74. The first-order chi connectivity index (χ1) is 11.5. The number of para-hydroxylation sites is 1. The van der Waals surface area contributed by atoms with Crippen molar-refractivity contribution in [3.8, 4) is 0 Å². The van der Waals surface area contributed by atoms with Crippen molar-refractivity contribution in [1.29, 1.82) is 0 Å². The van der Waals surface area contributed by atoms with Crippen LogP contribution < -0.4 is 5.32 Å². The molecule has 1 N–H and O–H groups in total. The van der Waals surface area contributed by atoms with E-state index in [0.717, 1.165) is 10.6 Å². The molecule has 1 amide bonds. The molecule has 2 aromatic rings. The van der Waals surface area contributed by atoms with E-state index in [4.69, 9.17) is 12.2 Å². The van der Waals surface area contributed by atoms with Gasteiger partial charge in [0.2, 0.25) is 5.91 Å². The Kier molecular flexibility index (Phi) is 6.77. The van der Waals surface area contributed by atoms with E-state index >= 15 is 0 Å². The maximum atomic E-state index is 12.2. The molecule has 0 radical (unpaired) electrons. The molecular weight excluding hydrogens is 342 g/mol. The van der Waals surface area contributed by atoms with E-state index in [9.17, 15) is 4.79 Å². The number of benzene rings is 1. The van der Waals surface area contributed by atoms with Crippen molar-refractivity contribution in [3.05, 3.63) is 48.0 Å². The average Bonchev–Trinajstić information content (AvgIpc) is 2.89. The van der Waals surface area contributed by atoms with Gasteiger partial charge in [0, 0.05) is 11.4 Å². The first-order valence-corrected chi connectivity index (χ1v) is 9.03. The third-order valence-corrected chi connectivity index (χ3v) is 4.53.